The summed E-state index contributed by atoms with van der Waals surface area (Å²) in [7, 11) is 0. The first-order valence-corrected chi connectivity index (χ1v) is 6.33. The number of H-pyrrole nitrogens is 1. The van der Waals surface area contributed by atoms with Crippen molar-refractivity contribution in [3.05, 3.63) is 33.9 Å². The summed E-state index contributed by atoms with van der Waals surface area (Å²) in [6.07, 6.45) is 0. The van der Waals surface area contributed by atoms with Gasteiger partial charge in [-0.05, 0) is 18.1 Å². The van der Waals surface area contributed by atoms with Gasteiger partial charge in [-0.3, -0.25) is 9.67 Å². The number of nitrogens with one attached hydrogen (secondary N) is 1. The third-order valence-corrected chi connectivity index (χ3v) is 3.05. The molecule has 1 N–H and O–H groups in total. The smallest absolute Gasteiger partial charge is 0.200 e. The van der Waals surface area contributed by atoms with Crippen molar-refractivity contribution in [2.24, 2.45) is 5.92 Å². The highest BCUT2D eigenvalue weighted by Crippen LogP contribution is 2.30. The van der Waals surface area contributed by atoms with E-state index in [9.17, 15) is 22.0 Å². The Bertz CT molecular complexity index is 721. The van der Waals surface area contributed by atoms with Gasteiger partial charge >= 0.3 is 0 Å². The molecule has 0 atom stereocenters. The van der Waals surface area contributed by atoms with Crippen LogP contribution in [0.1, 0.15) is 13.8 Å². The molecule has 0 spiro atoms. The standard InChI is InChI=1S/C12H10F5N3S/c1-4(2)3-20-11(18-19-12(20)21)5-6(13)8(15)10(17)9(16)7(5)14/h4H,3H2,1-2H3,(H,19,21). The molecule has 0 aliphatic carbocycles. The first-order chi connectivity index (χ1) is 9.75. The van der Waals surface area contributed by atoms with Gasteiger partial charge in [0.25, 0.3) is 0 Å². The molecule has 1 aromatic carbocycles. The van der Waals surface area contributed by atoms with Crippen molar-refractivity contribution in [2.45, 2.75) is 20.4 Å². The summed E-state index contributed by atoms with van der Waals surface area (Å²) >= 11 is 4.91. The van der Waals surface area contributed by atoms with E-state index in [2.05, 4.69) is 10.2 Å². The maximum absolute atomic E-state index is 13.8. The summed E-state index contributed by atoms with van der Waals surface area (Å²) in [4.78, 5) is 0. The third-order valence-electron chi connectivity index (χ3n) is 2.74. The lowest BCUT2D eigenvalue weighted by molar-refractivity contribution is 0.380. The van der Waals surface area contributed by atoms with Gasteiger partial charge in [0, 0.05) is 6.54 Å². The molecule has 114 valence electrons. The van der Waals surface area contributed by atoms with Gasteiger partial charge in [-0.15, -0.1) is 0 Å². The van der Waals surface area contributed by atoms with Gasteiger partial charge in [-0.1, -0.05) is 13.8 Å². The predicted molar refractivity (Wildman–Crippen MR) is 67.5 cm³/mol. The second-order valence-corrected chi connectivity index (χ2v) is 5.19. The van der Waals surface area contributed by atoms with Crippen LogP contribution in [0, 0.1) is 39.8 Å². The number of aromatic amines is 1. The molecular weight excluding hydrogens is 313 g/mol. The summed E-state index contributed by atoms with van der Waals surface area (Å²) < 4.78 is 68.4. The van der Waals surface area contributed by atoms with Crippen molar-refractivity contribution in [2.75, 3.05) is 0 Å². The van der Waals surface area contributed by atoms with Crippen molar-refractivity contribution >= 4 is 12.2 Å². The molecule has 0 radical (unpaired) electrons. The lowest BCUT2D eigenvalue weighted by Gasteiger charge is -2.11. The minimum absolute atomic E-state index is 0.0225. The maximum Gasteiger partial charge on any atom is 0.200 e. The van der Waals surface area contributed by atoms with Gasteiger partial charge in [-0.2, -0.15) is 5.10 Å². The van der Waals surface area contributed by atoms with Crippen LogP contribution in [0.15, 0.2) is 0 Å². The highest BCUT2D eigenvalue weighted by molar-refractivity contribution is 7.71. The number of halogens is 5. The van der Waals surface area contributed by atoms with Gasteiger partial charge in [-0.25, -0.2) is 22.0 Å². The molecule has 1 aromatic heterocycles. The van der Waals surface area contributed by atoms with E-state index in [0.29, 0.717) is 0 Å². The van der Waals surface area contributed by atoms with Gasteiger partial charge < -0.3 is 0 Å². The molecule has 0 fully saturated rings. The Morgan fingerprint density at radius 1 is 1.00 bits per heavy atom. The Hall–Kier alpha value is -1.77. The number of rotatable bonds is 3. The Kier molecular flexibility index (Phi) is 4.13. The van der Waals surface area contributed by atoms with Crippen molar-refractivity contribution in [3.8, 4) is 11.4 Å². The largest absolute Gasteiger partial charge is 0.300 e. The van der Waals surface area contributed by atoms with E-state index >= 15 is 0 Å². The molecular formula is C12H10F5N3S. The highest BCUT2D eigenvalue weighted by Gasteiger charge is 2.29. The van der Waals surface area contributed by atoms with Gasteiger partial charge in [0.1, 0.15) is 0 Å². The topological polar surface area (TPSA) is 33.6 Å². The lowest BCUT2D eigenvalue weighted by Crippen LogP contribution is -2.11. The number of hydrogen-bond donors (Lipinski definition) is 1. The van der Waals surface area contributed by atoms with Crippen LogP contribution in [0.2, 0.25) is 0 Å². The fourth-order valence-corrected chi connectivity index (χ4v) is 2.05. The Labute approximate surface area is 121 Å². The quantitative estimate of drug-likeness (QED) is 0.401. The van der Waals surface area contributed by atoms with Crippen LogP contribution in [-0.2, 0) is 6.54 Å². The summed E-state index contributed by atoms with van der Waals surface area (Å²) in [6.45, 7) is 3.82. The molecule has 0 unspecified atom stereocenters. The van der Waals surface area contributed by atoms with E-state index in [4.69, 9.17) is 12.2 Å². The van der Waals surface area contributed by atoms with Crippen molar-refractivity contribution < 1.29 is 22.0 Å². The molecule has 0 saturated carbocycles. The third kappa shape index (κ3) is 2.57. The van der Waals surface area contributed by atoms with E-state index in [1.165, 1.54) is 4.57 Å². The number of benzene rings is 1. The van der Waals surface area contributed by atoms with Crippen LogP contribution < -0.4 is 0 Å². The highest BCUT2D eigenvalue weighted by atomic mass is 32.1. The number of aromatic nitrogens is 3. The number of hydrogen-bond acceptors (Lipinski definition) is 2. The lowest BCUT2D eigenvalue weighted by atomic mass is 10.1. The molecule has 0 aliphatic rings. The second kappa shape index (κ2) is 5.55. The minimum Gasteiger partial charge on any atom is -0.300 e. The van der Waals surface area contributed by atoms with E-state index in [-0.39, 0.29) is 17.2 Å². The van der Waals surface area contributed by atoms with Crippen LogP contribution in [-0.4, -0.2) is 14.8 Å². The monoisotopic (exact) mass is 323 g/mol. The van der Waals surface area contributed by atoms with Crippen LogP contribution in [0.3, 0.4) is 0 Å². The summed E-state index contributed by atoms with van der Waals surface area (Å²) in [5.41, 5.74) is -1.10. The van der Waals surface area contributed by atoms with Crippen LogP contribution in [0.25, 0.3) is 11.4 Å². The zero-order valence-corrected chi connectivity index (χ0v) is 11.8. The Morgan fingerprint density at radius 2 is 1.48 bits per heavy atom. The fourth-order valence-electron chi connectivity index (χ4n) is 1.84. The summed E-state index contributed by atoms with van der Waals surface area (Å²) in [5, 5.41) is 5.88. The molecule has 9 heteroatoms. The fraction of sp³-hybridized carbons (Fsp3) is 0.333. The van der Waals surface area contributed by atoms with Crippen LogP contribution in [0.5, 0.6) is 0 Å². The number of nitrogens with zero attached hydrogens (tertiary/aromatic N) is 2. The summed E-state index contributed by atoms with van der Waals surface area (Å²) in [6, 6.07) is 0. The molecule has 2 aromatic rings. The van der Waals surface area contributed by atoms with Crippen molar-refractivity contribution in [3.63, 3.8) is 0 Å². The molecule has 0 amide bonds. The molecule has 0 saturated heterocycles. The SMILES string of the molecule is CC(C)Cn1c(-c2c(F)c(F)c(F)c(F)c2F)n[nH]c1=S. The molecule has 21 heavy (non-hydrogen) atoms. The average molecular weight is 323 g/mol. The zero-order chi connectivity index (χ0) is 15.9. The Morgan fingerprint density at radius 3 is 1.95 bits per heavy atom. The summed E-state index contributed by atoms with van der Waals surface area (Å²) in [5.74, 6) is -10.5. The Balaban J connectivity index is 2.77. The van der Waals surface area contributed by atoms with Gasteiger partial charge in [0.05, 0.1) is 5.56 Å². The second-order valence-electron chi connectivity index (χ2n) is 4.80. The van der Waals surface area contributed by atoms with E-state index in [0.717, 1.165) is 0 Å². The minimum atomic E-state index is -2.21. The molecule has 1 heterocycles. The maximum atomic E-state index is 13.8. The normalized spacial score (nSPS) is 11.4. The van der Waals surface area contributed by atoms with E-state index in [1.54, 1.807) is 13.8 Å². The van der Waals surface area contributed by atoms with Crippen molar-refractivity contribution in [1.82, 2.24) is 14.8 Å². The zero-order valence-electron chi connectivity index (χ0n) is 11.0. The first-order valence-electron chi connectivity index (χ1n) is 5.92. The molecule has 0 aliphatic heterocycles. The molecule has 0 bridgehead atoms. The van der Waals surface area contributed by atoms with Crippen LogP contribution in [0.4, 0.5) is 22.0 Å². The van der Waals surface area contributed by atoms with Gasteiger partial charge in [0.15, 0.2) is 33.9 Å². The van der Waals surface area contributed by atoms with E-state index in [1.807, 2.05) is 0 Å². The van der Waals surface area contributed by atoms with E-state index < -0.39 is 40.5 Å². The average Bonchev–Trinajstić information content (AvgIpc) is 2.76. The molecule has 2 rings (SSSR count). The van der Waals surface area contributed by atoms with Gasteiger partial charge in [0.2, 0.25) is 5.82 Å². The van der Waals surface area contributed by atoms with Crippen LogP contribution >= 0.6 is 12.2 Å². The first kappa shape index (κ1) is 15.6. The molecule has 3 nitrogen and oxygen atoms in total. The van der Waals surface area contributed by atoms with Crippen molar-refractivity contribution in [1.29, 1.82) is 0 Å². The predicted octanol–water partition coefficient (Wildman–Crippen LogP) is 3.96.